The van der Waals surface area contributed by atoms with Crippen molar-refractivity contribution < 1.29 is 24.0 Å². The van der Waals surface area contributed by atoms with Gasteiger partial charge in [0.15, 0.2) is 0 Å². The fourth-order valence-electron chi connectivity index (χ4n) is 3.48. The normalized spacial score (nSPS) is 19.8. The van der Waals surface area contributed by atoms with E-state index < -0.39 is 28.0 Å². The van der Waals surface area contributed by atoms with Crippen LogP contribution in [0.1, 0.15) is 46.1 Å². The summed E-state index contributed by atoms with van der Waals surface area (Å²) in [7, 11) is 0. The van der Waals surface area contributed by atoms with E-state index >= 15 is 0 Å². The van der Waals surface area contributed by atoms with Crippen LogP contribution in [0.4, 0.5) is 10.5 Å². The lowest BCUT2D eigenvalue weighted by Gasteiger charge is -2.41. The minimum atomic E-state index is -1.04. The Kier molecular flexibility index (Phi) is 6.64. The number of nitro groups is 1. The van der Waals surface area contributed by atoms with E-state index in [1.165, 1.54) is 11.0 Å². The zero-order valence-corrected chi connectivity index (χ0v) is 16.9. The summed E-state index contributed by atoms with van der Waals surface area (Å²) >= 11 is 0. The number of hydrogen-bond donors (Lipinski definition) is 0. The Labute approximate surface area is 164 Å². The SMILES string of the molecule is CCOC(=O)[C@]1(Cc2ccccc2[N+](=O)[O-])CCCN(C(=O)OC(C)(C)C)C1. The highest BCUT2D eigenvalue weighted by Gasteiger charge is 2.46. The molecule has 1 aliphatic rings. The maximum atomic E-state index is 12.9. The van der Waals surface area contributed by atoms with Gasteiger partial charge in [-0.1, -0.05) is 18.2 Å². The molecule has 0 unspecified atom stereocenters. The van der Waals surface area contributed by atoms with Gasteiger partial charge in [-0.25, -0.2) is 4.79 Å². The number of esters is 1. The molecule has 2 rings (SSSR count). The number of benzene rings is 1. The monoisotopic (exact) mass is 392 g/mol. The summed E-state index contributed by atoms with van der Waals surface area (Å²) in [5.74, 6) is -0.443. The number of hydrogen-bond acceptors (Lipinski definition) is 6. The standard InChI is InChI=1S/C20H28N2O6/c1-5-27-17(23)20(13-15-9-6-7-10-16(15)22(25)26)11-8-12-21(14-20)18(24)28-19(2,3)4/h6-7,9-10H,5,8,11-14H2,1-4H3/t20-/m0/s1. The van der Waals surface area contributed by atoms with E-state index in [-0.39, 0.29) is 25.3 Å². The Balaban J connectivity index is 2.35. The molecule has 8 heteroatoms. The Morgan fingerprint density at radius 2 is 1.96 bits per heavy atom. The second-order valence-electron chi connectivity index (χ2n) is 8.07. The molecule has 0 saturated carbocycles. The van der Waals surface area contributed by atoms with Crippen molar-refractivity contribution in [2.45, 2.75) is 52.6 Å². The minimum absolute atomic E-state index is 0.0411. The number of piperidine rings is 1. The highest BCUT2D eigenvalue weighted by atomic mass is 16.6. The molecule has 0 spiro atoms. The van der Waals surface area contributed by atoms with Crippen molar-refractivity contribution in [1.29, 1.82) is 0 Å². The minimum Gasteiger partial charge on any atom is -0.466 e. The Hall–Kier alpha value is -2.64. The van der Waals surface area contributed by atoms with Gasteiger partial charge in [0.2, 0.25) is 0 Å². The van der Waals surface area contributed by atoms with Crippen LogP contribution in [0.3, 0.4) is 0 Å². The molecule has 154 valence electrons. The molecule has 0 aliphatic carbocycles. The molecule has 1 heterocycles. The van der Waals surface area contributed by atoms with Crippen LogP contribution in [0.2, 0.25) is 0 Å². The van der Waals surface area contributed by atoms with E-state index in [1.807, 2.05) is 0 Å². The highest BCUT2D eigenvalue weighted by molar-refractivity contribution is 5.79. The van der Waals surface area contributed by atoms with Crippen molar-refractivity contribution >= 4 is 17.7 Å². The summed E-state index contributed by atoms with van der Waals surface area (Å²) in [6.07, 6.45) is 0.696. The molecule has 0 bridgehead atoms. The van der Waals surface area contributed by atoms with Crippen molar-refractivity contribution in [1.82, 2.24) is 4.90 Å². The topological polar surface area (TPSA) is 99.0 Å². The molecule has 1 aromatic carbocycles. The lowest BCUT2D eigenvalue weighted by Crippen LogP contribution is -2.52. The first kappa shape index (κ1) is 21.7. The van der Waals surface area contributed by atoms with Gasteiger partial charge in [0, 0.05) is 24.7 Å². The molecule has 1 saturated heterocycles. The van der Waals surface area contributed by atoms with Crippen LogP contribution in [-0.2, 0) is 20.7 Å². The summed E-state index contributed by atoms with van der Waals surface area (Å²) in [6, 6.07) is 6.36. The lowest BCUT2D eigenvalue weighted by atomic mass is 9.75. The van der Waals surface area contributed by atoms with E-state index in [0.29, 0.717) is 24.9 Å². The third-order valence-corrected chi connectivity index (χ3v) is 4.65. The van der Waals surface area contributed by atoms with E-state index in [4.69, 9.17) is 9.47 Å². The first-order chi connectivity index (χ1) is 13.1. The number of nitrogens with zero attached hydrogens (tertiary/aromatic N) is 2. The lowest BCUT2D eigenvalue weighted by molar-refractivity contribution is -0.385. The number of likely N-dealkylation sites (tertiary alicyclic amines) is 1. The second kappa shape index (κ2) is 8.58. The number of nitro benzene ring substituents is 1. The molecule has 0 N–H and O–H groups in total. The summed E-state index contributed by atoms with van der Waals surface area (Å²) in [6.45, 7) is 7.82. The zero-order valence-electron chi connectivity index (χ0n) is 16.9. The highest BCUT2D eigenvalue weighted by Crippen LogP contribution is 2.38. The molecule has 0 radical (unpaired) electrons. The number of amides is 1. The van der Waals surface area contributed by atoms with E-state index in [9.17, 15) is 19.7 Å². The molecule has 1 amide bonds. The molecular weight excluding hydrogens is 364 g/mol. The maximum absolute atomic E-state index is 12.9. The van der Waals surface area contributed by atoms with Crippen molar-refractivity contribution in [2.75, 3.05) is 19.7 Å². The van der Waals surface area contributed by atoms with Gasteiger partial charge in [0.1, 0.15) is 5.60 Å². The van der Waals surface area contributed by atoms with Gasteiger partial charge in [0.25, 0.3) is 5.69 Å². The predicted octanol–water partition coefficient (Wildman–Crippen LogP) is 3.72. The summed E-state index contributed by atoms with van der Waals surface area (Å²) in [4.78, 5) is 37.9. The van der Waals surface area contributed by atoms with Crippen molar-refractivity contribution in [3.05, 3.63) is 39.9 Å². The number of ether oxygens (including phenoxy) is 2. The first-order valence-electron chi connectivity index (χ1n) is 9.45. The molecule has 8 nitrogen and oxygen atoms in total. The number of rotatable bonds is 5. The van der Waals surface area contributed by atoms with Crippen LogP contribution in [-0.4, -0.2) is 47.2 Å². The average molecular weight is 392 g/mol. The Bertz CT molecular complexity index is 742. The van der Waals surface area contributed by atoms with Gasteiger partial charge in [-0.2, -0.15) is 0 Å². The molecule has 1 aliphatic heterocycles. The summed E-state index contributed by atoms with van der Waals surface area (Å²) in [5.41, 5.74) is -1.29. The third-order valence-electron chi connectivity index (χ3n) is 4.65. The van der Waals surface area contributed by atoms with Crippen LogP contribution < -0.4 is 0 Å². The number of carbonyl (C=O) groups is 2. The van der Waals surface area contributed by atoms with E-state index in [0.717, 1.165) is 0 Å². The van der Waals surface area contributed by atoms with Crippen LogP contribution in [0.15, 0.2) is 24.3 Å². The van der Waals surface area contributed by atoms with Crippen molar-refractivity contribution in [3.63, 3.8) is 0 Å². The smallest absolute Gasteiger partial charge is 0.410 e. The zero-order chi connectivity index (χ0) is 20.9. The maximum Gasteiger partial charge on any atom is 0.410 e. The van der Waals surface area contributed by atoms with Crippen molar-refractivity contribution in [3.8, 4) is 0 Å². The Morgan fingerprint density at radius 3 is 2.57 bits per heavy atom. The van der Waals surface area contributed by atoms with E-state index in [1.54, 1.807) is 45.9 Å². The van der Waals surface area contributed by atoms with Crippen LogP contribution >= 0.6 is 0 Å². The second-order valence-corrected chi connectivity index (χ2v) is 8.07. The average Bonchev–Trinajstić information content (AvgIpc) is 2.61. The third kappa shape index (κ3) is 5.21. The van der Waals surface area contributed by atoms with Gasteiger partial charge in [-0.05, 0) is 47.0 Å². The fraction of sp³-hybridized carbons (Fsp3) is 0.600. The quantitative estimate of drug-likeness (QED) is 0.430. The molecule has 1 aromatic rings. The van der Waals surface area contributed by atoms with E-state index in [2.05, 4.69) is 0 Å². The van der Waals surface area contributed by atoms with Gasteiger partial charge in [-0.15, -0.1) is 0 Å². The summed E-state index contributed by atoms with van der Waals surface area (Å²) in [5, 5.41) is 11.4. The molecule has 0 aromatic heterocycles. The van der Waals surface area contributed by atoms with Gasteiger partial charge in [-0.3, -0.25) is 14.9 Å². The largest absolute Gasteiger partial charge is 0.466 e. The van der Waals surface area contributed by atoms with Gasteiger partial charge >= 0.3 is 12.1 Å². The van der Waals surface area contributed by atoms with Gasteiger partial charge in [0.05, 0.1) is 16.9 Å². The van der Waals surface area contributed by atoms with Crippen LogP contribution in [0, 0.1) is 15.5 Å². The van der Waals surface area contributed by atoms with Crippen molar-refractivity contribution in [2.24, 2.45) is 5.41 Å². The van der Waals surface area contributed by atoms with Gasteiger partial charge < -0.3 is 14.4 Å². The number of para-hydroxylation sites is 1. The molecule has 1 fully saturated rings. The summed E-state index contributed by atoms with van der Waals surface area (Å²) < 4.78 is 10.7. The predicted molar refractivity (Wildman–Crippen MR) is 103 cm³/mol. The van der Waals surface area contributed by atoms with Crippen LogP contribution in [0.25, 0.3) is 0 Å². The van der Waals surface area contributed by atoms with Crippen LogP contribution in [0.5, 0.6) is 0 Å². The molecule has 1 atom stereocenters. The Morgan fingerprint density at radius 1 is 1.29 bits per heavy atom. The molecular formula is C20H28N2O6. The number of carbonyl (C=O) groups excluding carboxylic acids is 2. The first-order valence-corrected chi connectivity index (χ1v) is 9.45. The molecule has 28 heavy (non-hydrogen) atoms. The fourth-order valence-corrected chi connectivity index (χ4v) is 3.48.